The van der Waals surface area contributed by atoms with Crippen molar-refractivity contribution < 1.29 is 4.39 Å². The molecule has 0 aliphatic carbocycles. The molecule has 3 heterocycles. The Morgan fingerprint density at radius 1 is 1.22 bits per heavy atom. The maximum absolute atomic E-state index is 13.6. The van der Waals surface area contributed by atoms with E-state index >= 15 is 0 Å². The monoisotopic (exact) mass is 307 g/mol. The Kier molecular flexibility index (Phi) is 3.15. The molecule has 23 heavy (non-hydrogen) atoms. The predicted octanol–water partition coefficient (Wildman–Crippen LogP) is 3.32. The summed E-state index contributed by atoms with van der Waals surface area (Å²) in [6.07, 6.45) is 7.04. The molecule has 114 valence electrons. The van der Waals surface area contributed by atoms with Gasteiger partial charge >= 0.3 is 0 Å². The first-order chi connectivity index (χ1) is 11.2. The highest BCUT2D eigenvalue weighted by Gasteiger charge is 2.12. The van der Waals surface area contributed by atoms with Crippen LogP contribution in [0.2, 0.25) is 0 Å². The second kappa shape index (κ2) is 5.31. The van der Waals surface area contributed by atoms with Gasteiger partial charge in [0.1, 0.15) is 17.5 Å². The lowest BCUT2D eigenvalue weighted by molar-refractivity contribution is 0.627. The van der Waals surface area contributed by atoms with Crippen LogP contribution in [0.5, 0.6) is 0 Å². The molecule has 0 spiro atoms. The highest BCUT2D eigenvalue weighted by atomic mass is 19.1. The third-order valence-corrected chi connectivity index (χ3v) is 3.81. The fourth-order valence-corrected chi connectivity index (χ4v) is 2.66. The Hall–Kier alpha value is -3.02. The minimum absolute atomic E-state index is 0.269. The molecule has 0 atom stereocenters. The summed E-state index contributed by atoms with van der Waals surface area (Å²) in [6.45, 7) is 2.47. The first-order valence-electron chi connectivity index (χ1n) is 7.27. The number of hydrogen-bond donors (Lipinski definition) is 1. The highest BCUT2D eigenvalue weighted by Crippen LogP contribution is 2.23. The van der Waals surface area contributed by atoms with Gasteiger partial charge in [-0.15, -0.1) is 0 Å². The van der Waals surface area contributed by atoms with Crippen LogP contribution < -0.4 is 0 Å². The minimum Gasteiger partial charge on any atom is -0.339 e. The van der Waals surface area contributed by atoms with E-state index < -0.39 is 0 Å². The molecule has 3 aromatic heterocycles. The Morgan fingerprint density at radius 2 is 2.13 bits per heavy atom. The lowest BCUT2D eigenvalue weighted by Crippen LogP contribution is -2.03. The van der Waals surface area contributed by atoms with Gasteiger partial charge in [-0.3, -0.25) is 4.98 Å². The number of pyridine rings is 1. The fraction of sp³-hybridized carbons (Fsp3) is 0.118. The number of aromatic nitrogens is 5. The summed E-state index contributed by atoms with van der Waals surface area (Å²) in [5, 5.41) is 0. The summed E-state index contributed by atoms with van der Waals surface area (Å²) in [4.78, 5) is 16.2. The van der Waals surface area contributed by atoms with E-state index in [9.17, 15) is 4.39 Å². The van der Waals surface area contributed by atoms with Crippen LogP contribution in [0, 0.1) is 12.7 Å². The van der Waals surface area contributed by atoms with E-state index in [2.05, 4.69) is 19.9 Å². The topological polar surface area (TPSA) is 59.4 Å². The van der Waals surface area contributed by atoms with Gasteiger partial charge in [-0.2, -0.15) is 0 Å². The van der Waals surface area contributed by atoms with Crippen molar-refractivity contribution >= 4 is 11.0 Å². The normalized spacial score (nSPS) is 11.2. The predicted molar refractivity (Wildman–Crippen MR) is 85.3 cm³/mol. The number of benzene rings is 1. The molecule has 0 saturated heterocycles. The van der Waals surface area contributed by atoms with Crippen LogP contribution in [0.3, 0.4) is 0 Å². The van der Waals surface area contributed by atoms with Crippen molar-refractivity contribution in [2.45, 2.75) is 13.5 Å². The molecular formula is C17H14FN5. The number of nitrogens with zero attached hydrogens (tertiary/aromatic N) is 4. The van der Waals surface area contributed by atoms with E-state index in [0.717, 1.165) is 33.8 Å². The molecule has 1 N–H and O–H groups in total. The summed E-state index contributed by atoms with van der Waals surface area (Å²) in [6, 6.07) is 6.59. The number of hydrogen-bond acceptors (Lipinski definition) is 3. The van der Waals surface area contributed by atoms with Crippen molar-refractivity contribution in [1.82, 2.24) is 24.5 Å². The second-order valence-electron chi connectivity index (χ2n) is 5.41. The first kappa shape index (κ1) is 13.6. The molecular weight excluding hydrogens is 293 g/mol. The molecule has 0 aliphatic rings. The Labute approximate surface area is 131 Å². The van der Waals surface area contributed by atoms with Crippen molar-refractivity contribution in [3.8, 4) is 11.4 Å². The number of fused-ring (bicyclic) bond motifs is 1. The summed E-state index contributed by atoms with van der Waals surface area (Å²) in [5.74, 6) is 1.26. The average Bonchev–Trinajstić information content (AvgIpc) is 3.16. The number of aryl methyl sites for hydroxylation is 1. The fourth-order valence-electron chi connectivity index (χ4n) is 2.66. The minimum atomic E-state index is -0.269. The van der Waals surface area contributed by atoms with Gasteiger partial charge in [-0.25, -0.2) is 14.4 Å². The van der Waals surface area contributed by atoms with Gasteiger partial charge in [0.25, 0.3) is 0 Å². The third kappa shape index (κ3) is 2.48. The summed E-state index contributed by atoms with van der Waals surface area (Å²) in [7, 11) is 0. The zero-order chi connectivity index (χ0) is 15.8. The SMILES string of the molecule is Cc1ccc(F)cc1-c1nccn1Cc1nc2ccncc2[nH]1. The van der Waals surface area contributed by atoms with E-state index in [0.29, 0.717) is 6.54 Å². The molecule has 0 fully saturated rings. The van der Waals surface area contributed by atoms with Gasteiger partial charge < -0.3 is 9.55 Å². The second-order valence-corrected chi connectivity index (χ2v) is 5.41. The van der Waals surface area contributed by atoms with Crippen molar-refractivity contribution in [3.63, 3.8) is 0 Å². The molecule has 4 rings (SSSR count). The van der Waals surface area contributed by atoms with Crippen molar-refractivity contribution in [2.75, 3.05) is 0 Å². The molecule has 0 bridgehead atoms. The number of H-pyrrole nitrogens is 1. The first-order valence-corrected chi connectivity index (χ1v) is 7.27. The van der Waals surface area contributed by atoms with Crippen LogP contribution >= 0.6 is 0 Å². The Morgan fingerprint density at radius 3 is 3.00 bits per heavy atom. The molecule has 0 radical (unpaired) electrons. The number of imidazole rings is 2. The van der Waals surface area contributed by atoms with Crippen molar-refractivity contribution in [3.05, 3.63) is 66.3 Å². The van der Waals surface area contributed by atoms with Crippen LogP contribution in [0.15, 0.2) is 49.1 Å². The molecule has 1 aromatic carbocycles. The lowest BCUT2D eigenvalue weighted by Gasteiger charge is -2.09. The van der Waals surface area contributed by atoms with E-state index in [1.165, 1.54) is 12.1 Å². The summed E-state index contributed by atoms with van der Waals surface area (Å²) >= 11 is 0. The summed E-state index contributed by atoms with van der Waals surface area (Å²) in [5.41, 5.74) is 3.53. The van der Waals surface area contributed by atoms with Gasteiger partial charge in [0.15, 0.2) is 0 Å². The number of rotatable bonds is 3. The van der Waals surface area contributed by atoms with Crippen LogP contribution in [-0.4, -0.2) is 24.5 Å². The highest BCUT2D eigenvalue weighted by molar-refractivity contribution is 5.73. The molecule has 0 unspecified atom stereocenters. The molecule has 5 nitrogen and oxygen atoms in total. The molecule has 6 heteroatoms. The Balaban J connectivity index is 1.73. The van der Waals surface area contributed by atoms with Gasteiger partial charge in [0.2, 0.25) is 0 Å². The smallest absolute Gasteiger partial charge is 0.140 e. The maximum atomic E-state index is 13.6. The quantitative estimate of drug-likeness (QED) is 0.631. The number of aromatic amines is 1. The standard InChI is InChI=1S/C17H14FN5/c1-11-2-3-12(18)8-13(11)17-20-6-7-23(17)10-16-21-14-4-5-19-9-15(14)22-16/h2-9H,10H2,1H3,(H,21,22). The maximum Gasteiger partial charge on any atom is 0.140 e. The molecule has 0 saturated carbocycles. The van der Waals surface area contributed by atoms with Gasteiger partial charge in [-0.05, 0) is 30.7 Å². The van der Waals surface area contributed by atoms with Crippen LogP contribution in [0.1, 0.15) is 11.4 Å². The zero-order valence-electron chi connectivity index (χ0n) is 12.5. The number of halogens is 1. The van der Waals surface area contributed by atoms with Gasteiger partial charge in [0.05, 0.1) is 23.8 Å². The third-order valence-electron chi connectivity index (χ3n) is 3.81. The largest absolute Gasteiger partial charge is 0.339 e. The van der Waals surface area contributed by atoms with Gasteiger partial charge in [-0.1, -0.05) is 6.07 Å². The van der Waals surface area contributed by atoms with Crippen molar-refractivity contribution in [1.29, 1.82) is 0 Å². The summed E-state index contributed by atoms with van der Waals surface area (Å²) < 4.78 is 15.5. The van der Waals surface area contributed by atoms with Crippen LogP contribution in [-0.2, 0) is 6.54 Å². The lowest BCUT2D eigenvalue weighted by atomic mass is 10.1. The number of nitrogens with one attached hydrogen (secondary N) is 1. The average molecular weight is 307 g/mol. The molecule has 0 aliphatic heterocycles. The van der Waals surface area contributed by atoms with Gasteiger partial charge in [0, 0.05) is 24.2 Å². The Bertz CT molecular complexity index is 952. The van der Waals surface area contributed by atoms with E-state index in [4.69, 9.17) is 0 Å². The van der Waals surface area contributed by atoms with E-state index in [1.54, 1.807) is 24.7 Å². The molecule has 0 amide bonds. The van der Waals surface area contributed by atoms with E-state index in [-0.39, 0.29) is 5.82 Å². The van der Waals surface area contributed by atoms with Crippen molar-refractivity contribution in [2.24, 2.45) is 0 Å². The molecule has 4 aromatic rings. The zero-order valence-corrected chi connectivity index (χ0v) is 12.5. The van der Waals surface area contributed by atoms with E-state index in [1.807, 2.05) is 23.8 Å². The van der Waals surface area contributed by atoms with Crippen LogP contribution in [0.25, 0.3) is 22.4 Å². The van der Waals surface area contributed by atoms with Crippen LogP contribution in [0.4, 0.5) is 4.39 Å².